The number of nitrogens with one attached hydrogen (secondary N) is 1. The van der Waals surface area contributed by atoms with Crippen molar-refractivity contribution in [3.05, 3.63) is 41.3 Å². The molecule has 1 aromatic rings. The van der Waals surface area contributed by atoms with E-state index in [0.717, 1.165) is 6.42 Å². The molecule has 0 spiro atoms. The zero-order valence-corrected chi connectivity index (χ0v) is 11.2. The number of nitrogens with zero attached hydrogens (tertiary/aromatic N) is 2. The molecule has 19 heavy (non-hydrogen) atoms. The first-order chi connectivity index (χ1) is 9.10. The molecule has 0 bridgehead atoms. The Hall–Kier alpha value is -2.24. The van der Waals surface area contributed by atoms with Gasteiger partial charge in [-0.1, -0.05) is 6.92 Å². The van der Waals surface area contributed by atoms with E-state index in [1.165, 1.54) is 16.9 Å². The van der Waals surface area contributed by atoms with Gasteiger partial charge in [-0.2, -0.15) is 0 Å². The Morgan fingerprint density at radius 1 is 1.37 bits per heavy atom. The van der Waals surface area contributed by atoms with Crippen molar-refractivity contribution in [3.8, 4) is 5.75 Å². The van der Waals surface area contributed by atoms with Crippen molar-refractivity contribution in [2.75, 3.05) is 12.0 Å². The predicted octanol–water partition coefficient (Wildman–Crippen LogP) is 1.11. The molecule has 0 aromatic carbocycles. The molecule has 0 aliphatic carbocycles. The minimum Gasteiger partial charge on any atom is -0.502 e. The fraction of sp³-hybridized carbons (Fsp3) is 0.385. The van der Waals surface area contributed by atoms with Crippen LogP contribution in [0.2, 0.25) is 0 Å². The van der Waals surface area contributed by atoms with Crippen molar-refractivity contribution in [1.29, 1.82) is 0 Å². The molecular formula is C13H19N3O3. The fourth-order valence-corrected chi connectivity index (χ4v) is 2.02. The van der Waals surface area contributed by atoms with Gasteiger partial charge in [0.25, 0.3) is 5.91 Å². The SMILES string of the molecule is C=C.CC[C@H]1Nn2ccc(=O)c(O)c2C(=O)N1CC. The largest absolute Gasteiger partial charge is 0.502 e. The first-order valence-corrected chi connectivity index (χ1v) is 6.12. The van der Waals surface area contributed by atoms with E-state index in [1.807, 2.05) is 13.8 Å². The Morgan fingerprint density at radius 2 is 2.00 bits per heavy atom. The van der Waals surface area contributed by atoms with Crippen molar-refractivity contribution in [2.24, 2.45) is 0 Å². The van der Waals surface area contributed by atoms with E-state index in [9.17, 15) is 14.7 Å². The van der Waals surface area contributed by atoms with Crippen molar-refractivity contribution in [3.63, 3.8) is 0 Å². The Bertz CT molecular complexity index is 524. The molecular weight excluding hydrogens is 246 g/mol. The second-order valence-corrected chi connectivity index (χ2v) is 3.89. The van der Waals surface area contributed by atoms with Crippen LogP contribution in [0.1, 0.15) is 30.8 Å². The van der Waals surface area contributed by atoms with Gasteiger partial charge in [-0.15, -0.1) is 13.2 Å². The van der Waals surface area contributed by atoms with Crippen LogP contribution in [0, 0.1) is 0 Å². The average molecular weight is 265 g/mol. The summed E-state index contributed by atoms with van der Waals surface area (Å²) in [6.45, 7) is 10.3. The lowest BCUT2D eigenvalue weighted by Gasteiger charge is -2.37. The maximum Gasteiger partial charge on any atom is 0.278 e. The molecule has 0 unspecified atom stereocenters. The van der Waals surface area contributed by atoms with Crippen molar-refractivity contribution in [2.45, 2.75) is 26.4 Å². The maximum atomic E-state index is 12.2. The number of carbonyl (C=O) groups excluding carboxylic acids is 1. The molecule has 2 N–H and O–H groups in total. The van der Waals surface area contributed by atoms with E-state index < -0.39 is 11.2 Å². The monoisotopic (exact) mass is 265 g/mol. The molecule has 1 aliphatic heterocycles. The zero-order chi connectivity index (χ0) is 14.6. The minimum atomic E-state index is -0.544. The van der Waals surface area contributed by atoms with E-state index in [4.69, 9.17) is 0 Å². The van der Waals surface area contributed by atoms with Gasteiger partial charge in [0.15, 0.2) is 11.4 Å². The number of fused-ring (bicyclic) bond motifs is 1. The first-order valence-electron chi connectivity index (χ1n) is 6.12. The highest BCUT2D eigenvalue weighted by Gasteiger charge is 2.32. The second-order valence-electron chi connectivity index (χ2n) is 3.89. The predicted molar refractivity (Wildman–Crippen MR) is 73.8 cm³/mol. The topological polar surface area (TPSA) is 74.6 Å². The van der Waals surface area contributed by atoms with Crippen LogP contribution in [0.5, 0.6) is 5.75 Å². The summed E-state index contributed by atoms with van der Waals surface area (Å²) >= 11 is 0. The van der Waals surface area contributed by atoms with Crippen LogP contribution in [0.25, 0.3) is 0 Å². The molecule has 0 saturated carbocycles. The quantitative estimate of drug-likeness (QED) is 0.786. The number of aromatic hydroxyl groups is 1. The Labute approximate surface area is 111 Å². The molecule has 0 saturated heterocycles. The molecule has 6 heteroatoms. The second kappa shape index (κ2) is 6.08. The zero-order valence-electron chi connectivity index (χ0n) is 11.2. The van der Waals surface area contributed by atoms with Crippen LogP contribution in [0.3, 0.4) is 0 Å². The van der Waals surface area contributed by atoms with Crippen molar-refractivity contribution >= 4 is 5.91 Å². The highest BCUT2D eigenvalue weighted by molar-refractivity contribution is 5.96. The highest BCUT2D eigenvalue weighted by Crippen LogP contribution is 2.20. The lowest BCUT2D eigenvalue weighted by atomic mass is 10.2. The fourth-order valence-electron chi connectivity index (χ4n) is 2.02. The molecule has 0 fully saturated rings. The molecule has 1 aromatic heterocycles. The third-order valence-corrected chi connectivity index (χ3v) is 2.93. The number of hydrogen-bond acceptors (Lipinski definition) is 4. The first kappa shape index (κ1) is 14.8. The maximum absolute atomic E-state index is 12.2. The summed E-state index contributed by atoms with van der Waals surface area (Å²) in [7, 11) is 0. The summed E-state index contributed by atoms with van der Waals surface area (Å²) < 4.78 is 1.42. The molecule has 104 valence electrons. The number of amides is 1. The van der Waals surface area contributed by atoms with E-state index in [0.29, 0.717) is 6.54 Å². The third kappa shape index (κ3) is 2.47. The van der Waals surface area contributed by atoms with Crippen LogP contribution in [-0.4, -0.2) is 33.3 Å². The number of pyridine rings is 1. The van der Waals surface area contributed by atoms with E-state index in [-0.39, 0.29) is 17.8 Å². The summed E-state index contributed by atoms with van der Waals surface area (Å²) in [5.41, 5.74) is 2.53. The molecule has 1 amide bonds. The number of carbonyl (C=O) groups is 1. The van der Waals surface area contributed by atoms with Gasteiger partial charge in [-0.25, -0.2) is 0 Å². The van der Waals surface area contributed by atoms with Gasteiger partial charge in [0.2, 0.25) is 5.43 Å². The van der Waals surface area contributed by atoms with Crippen molar-refractivity contribution in [1.82, 2.24) is 9.58 Å². The summed E-state index contributed by atoms with van der Waals surface area (Å²) in [6, 6.07) is 1.23. The summed E-state index contributed by atoms with van der Waals surface area (Å²) in [5, 5.41) is 9.67. The minimum absolute atomic E-state index is 0.00375. The lowest BCUT2D eigenvalue weighted by Crippen LogP contribution is -2.53. The van der Waals surface area contributed by atoms with Crippen LogP contribution >= 0.6 is 0 Å². The molecule has 6 nitrogen and oxygen atoms in total. The van der Waals surface area contributed by atoms with Crippen molar-refractivity contribution < 1.29 is 9.90 Å². The molecule has 1 aliphatic rings. The Morgan fingerprint density at radius 3 is 2.53 bits per heavy atom. The Balaban J connectivity index is 0.000000861. The summed E-state index contributed by atoms with van der Waals surface area (Å²) in [5.74, 6) is -0.827. The number of rotatable bonds is 2. The Kier molecular flexibility index (Phi) is 4.74. The van der Waals surface area contributed by atoms with Crippen LogP contribution < -0.4 is 10.9 Å². The standard InChI is InChI=1S/C11H15N3O3.C2H4/c1-3-8-12-14-6-5-7(15)10(16)9(14)11(17)13(8)4-2;1-2/h5-6,8,12,16H,3-4H2,1-2H3;1-2H2/t8-;/m0./s1. The van der Waals surface area contributed by atoms with Crippen LogP contribution in [-0.2, 0) is 0 Å². The summed E-state index contributed by atoms with van der Waals surface area (Å²) in [6.07, 6.45) is 2.08. The van der Waals surface area contributed by atoms with E-state index >= 15 is 0 Å². The van der Waals surface area contributed by atoms with Crippen LogP contribution in [0.4, 0.5) is 0 Å². The van der Waals surface area contributed by atoms with Gasteiger partial charge in [0, 0.05) is 18.8 Å². The molecule has 0 radical (unpaired) electrons. The van der Waals surface area contributed by atoms with Gasteiger partial charge in [-0.3, -0.25) is 14.3 Å². The van der Waals surface area contributed by atoms with Gasteiger partial charge in [0.1, 0.15) is 6.17 Å². The molecule has 1 atom stereocenters. The highest BCUT2D eigenvalue weighted by atomic mass is 16.3. The van der Waals surface area contributed by atoms with Gasteiger partial charge in [-0.05, 0) is 13.3 Å². The van der Waals surface area contributed by atoms with E-state index in [2.05, 4.69) is 18.6 Å². The lowest BCUT2D eigenvalue weighted by molar-refractivity contribution is 0.0642. The third-order valence-electron chi connectivity index (χ3n) is 2.93. The summed E-state index contributed by atoms with van der Waals surface area (Å²) in [4.78, 5) is 25.1. The number of hydrogen-bond donors (Lipinski definition) is 2. The van der Waals surface area contributed by atoms with Crippen LogP contribution in [0.15, 0.2) is 30.2 Å². The molecule has 2 rings (SSSR count). The van der Waals surface area contributed by atoms with E-state index in [1.54, 1.807) is 4.90 Å². The van der Waals surface area contributed by atoms with Gasteiger partial charge in [0.05, 0.1) is 0 Å². The van der Waals surface area contributed by atoms with Gasteiger partial charge < -0.3 is 15.4 Å². The molecule has 2 heterocycles. The van der Waals surface area contributed by atoms with Gasteiger partial charge >= 0.3 is 0 Å². The average Bonchev–Trinajstić information content (AvgIpc) is 2.44. The smallest absolute Gasteiger partial charge is 0.278 e. The normalized spacial score (nSPS) is 17.1. The number of aromatic nitrogens is 1.